The smallest absolute Gasteiger partial charge is 0.291 e. The molecule has 166 valence electrons. The Morgan fingerprint density at radius 2 is 1.93 bits per heavy atom. The number of rotatable bonds is 7. The maximum atomic E-state index is 12.6. The standard InChI is InChI=1S/C18H22BrN5O2.2C2H6/c1-4-5-6-7-14(9-20)21-16(25)11-24-18(26)15-8-13(19)10-23(15)17(22-24)12(2)3;2*1-2/h5-10,12,20H,4,11H2,1-3H3,(H,21,25);2*1-2H3/b6-5-,14-7+,20-9?;;. The van der Waals surface area contributed by atoms with Gasteiger partial charge < -0.3 is 10.7 Å². The summed E-state index contributed by atoms with van der Waals surface area (Å²) in [5, 5.41) is 14.3. The zero-order valence-electron chi connectivity index (χ0n) is 19.0. The predicted octanol–water partition coefficient (Wildman–Crippen LogP) is 5.05. The van der Waals surface area contributed by atoms with E-state index in [4.69, 9.17) is 5.41 Å². The maximum Gasteiger partial charge on any atom is 0.291 e. The summed E-state index contributed by atoms with van der Waals surface area (Å²) in [6.45, 7) is 13.7. The van der Waals surface area contributed by atoms with Crippen LogP contribution >= 0.6 is 15.9 Å². The number of fused-ring (bicyclic) bond motifs is 1. The van der Waals surface area contributed by atoms with Gasteiger partial charge in [-0.25, -0.2) is 4.68 Å². The van der Waals surface area contributed by atoms with Crippen LogP contribution in [0.1, 0.15) is 66.6 Å². The lowest BCUT2D eigenvalue weighted by atomic mass is 10.2. The Morgan fingerprint density at radius 1 is 1.30 bits per heavy atom. The fourth-order valence-electron chi connectivity index (χ4n) is 2.41. The highest BCUT2D eigenvalue weighted by molar-refractivity contribution is 9.10. The third-order valence-electron chi connectivity index (χ3n) is 3.61. The highest BCUT2D eigenvalue weighted by Crippen LogP contribution is 2.18. The SMILES string of the molecule is CC.CC.CC/C=C\C=C(/C=N)NC(=O)Cn1nc(C(C)C)n2cc(Br)cc2c1=O. The van der Waals surface area contributed by atoms with Crippen molar-refractivity contribution in [1.82, 2.24) is 19.5 Å². The first-order valence-electron chi connectivity index (χ1n) is 10.3. The second-order valence-corrected chi connectivity index (χ2v) is 6.96. The normalized spacial score (nSPS) is 11.0. The Hall–Kier alpha value is -2.48. The van der Waals surface area contributed by atoms with Crippen LogP contribution in [0.5, 0.6) is 0 Å². The van der Waals surface area contributed by atoms with Crippen LogP contribution in [-0.4, -0.2) is 26.3 Å². The molecule has 0 unspecified atom stereocenters. The molecule has 0 radical (unpaired) electrons. The fourth-order valence-corrected chi connectivity index (χ4v) is 2.83. The molecule has 0 atom stereocenters. The average Bonchev–Trinajstić information content (AvgIpc) is 3.14. The van der Waals surface area contributed by atoms with E-state index in [1.165, 1.54) is 0 Å². The van der Waals surface area contributed by atoms with Crippen molar-refractivity contribution < 1.29 is 4.79 Å². The lowest BCUT2D eigenvalue weighted by molar-refractivity contribution is -0.121. The summed E-state index contributed by atoms with van der Waals surface area (Å²) >= 11 is 3.37. The van der Waals surface area contributed by atoms with Crippen molar-refractivity contribution in [2.45, 2.75) is 67.3 Å². The van der Waals surface area contributed by atoms with E-state index in [2.05, 4.69) is 26.3 Å². The summed E-state index contributed by atoms with van der Waals surface area (Å²) in [6.07, 6.45) is 9.03. The van der Waals surface area contributed by atoms with Crippen molar-refractivity contribution in [2.24, 2.45) is 0 Å². The topological polar surface area (TPSA) is 92.2 Å². The van der Waals surface area contributed by atoms with Gasteiger partial charge in [0.2, 0.25) is 5.91 Å². The number of hydrogen-bond donors (Lipinski definition) is 2. The summed E-state index contributed by atoms with van der Waals surface area (Å²) in [6, 6.07) is 1.71. The van der Waals surface area contributed by atoms with Crippen molar-refractivity contribution in [3.63, 3.8) is 0 Å². The molecule has 30 heavy (non-hydrogen) atoms. The monoisotopic (exact) mass is 479 g/mol. The van der Waals surface area contributed by atoms with E-state index < -0.39 is 5.91 Å². The zero-order valence-corrected chi connectivity index (χ0v) is 20.6. The third kappa shape index (κ3) is 7.74. The summed E-state index contributed by atoms with van der Waals surface area (Å²) < 4.78 is 3.68. The van der Waals surface area contributed by atoms with Crippen molar-refractivity contribution in [3.8, 4) is 0 Å². The maximum absolute atomic E-state index is 12.6. The lowest BCUT2D eigenvalue weighted by Crippen LogP contribution is -2.35. The molecular weight excluding hydrogens is 446 g/mol. The molecule has 0 aliphatic rings. The van der Waals surface area contributed by atoms with Gasteiger partial charge in [-0.15, -0.1) is 0 Å². The van der Waals surface area contributed by atoms with Crippen molar-refractivity contribution in [3.05, 3.63) is 56.8 Å². The molecular formula is C22H34BrN5O2. The van der Waals surface area contributed by atoms with Gasteiger partial charge in [0.1, 0.15) is 17.9 Å². The summed E-state index contributed by atoms with van der Waals surface area (Å²) in [4.78, 5) is 24.9. The number of hydrogen-bond acceptors (Lipinski definition) is 4. The number of aromatic nitrogens is 3. The first-order chi connectivity index (χ1) is 14.4. The van der Waals surface area contributed by atoms with E-state index in [0.29, 0.717) is 17.0 Å². The van der Waals surface area contributed by atoms with Gasteiger partial charge in [-0.05, 0) is 34.5 Å². The quantitative estimate of drug-likeness (QED) is 0.429. The number of carbonyl (C=O) groups is 1. The van der Waals surface area contributed by atoms with E-state index in [0.717, 1.165) is 21.8 Å². The number of nitrogens with zero attached hydrogens (tertiary/aromatic N) is 3. The molecule has 2 aromatic rings. The Morgan fingerprint density at radius 3 is 2.47 bits per heavy atom. The van der Waals surface area contributed by atoms with Crippen molar-refractivity contribution in [2.75, 3.05) is 0 Å². The molecule has 0 aliphatic carbocycles. The molecule has 8 heteroatoms. The second kappa shape index (κ2) is 14.5. The van der Waals surface area contributed by atoms with Crippen LogP contribution < -0.4 is 10.9 Å². The van der Waals surface area contributed by atoms with Crippen molar-refractivity contribution in [1.29, 1.82) is 5.41 Å². The van der Waals surface area contributed by atoms with Gasteiger partial charge in [0.25, 0.3) is 5.56 Å². The summed E-state index contributed by atoms with van der Waals surface area (Å²) in [5.41, 5.74) is 0.460. The molecule has 2 heterocycles. The van der Waals surface area contributed by atoms with Gasteiger partial charge in [0.15, 0.2) is 0 Å². The molecule has 0 bridgehead atoms. The number of halogens is 1. The molecule has 0 saturated carbocycles. The van der Waals surface area contributed by atoms with Crippen LogP contribution in [0.3, 0.4) is 0 Å². The van der Waals surface area contributed by atoms with Crippen LogP contribution in [0.4, 0.5) is 0 Å². The van der Waals surface area contributed by atoms with Gasteiger partial charge in [0, 0.05) is 22.8 Å². The van der Waals surface area contributed by atoms with Gasteiger partial charge in [-0.2, -0.15) is 5.10 Å². The molecule has 2 rings (SSSR count). The van der Waals surface area contributed by atoms with Crippen LogP contribution in [0.25, 0.3) is 5.52 Å². The Balaban J connectivity index is 0.00000198. The third-order valence-corrected chi connectivity index (χ3v) is 4.04. The van der Waals surface area contributed by atoms with Gasteiger partial charge in [-0.1, -0.05) is 60.6 Å². The van der Waals surface area contributed by atoms with Crippen molar-refractivity contribution >= 4 is 33.6 Å². The molecule has 0 spiro atoms. The minimum atomic E-state index is -0.413. The minimum absolute atomic E-state index is 0.0722. The number of carbonyl (C=O) groups excluding carboxylic acids is 1. The highest BCUT2D eigenvalue weighted by atomic mass is 79.9. The highest BCUT2D eigenvalue weighted by Gasteiger charge is 2.16. The molecule has 2 aromatic heterocycles. The van der Waals surface area contributed by atoms with Crippen LogP contribution in [0, 0.1) is 5.41 Å². The molecule has 0 saturated heterocycles. The molecule has 1 amide bonds. The largest absolute Gasteiger partial charge is 0.323 e. The van der Waals surface area contributed by atoms with Crippen LogP contribution in [-0.2, 0) is 11.3 Å². The van der Waals surface area contributed by atoms with Crippen LogP contribution in [0.2, 0.25) is 0 Å². The fraction of sp³-hybridized carbons (Fsp3) is 0.455. The summed E-state index contributed by atoms with van der Waals surface area (Å²) in [7, 11) is 0. The first kappa shape index (κ1) is 27.5. The lowest BCUT2D eigenvalue weighted by Gasteiger charge is -2.12. The predicted molar refractivity (Wildman–Crippen MR) is 128 cm³/mol. The summed E-state index contributed by atoms with van der Waals surface area (Å²) in [5.74, 6) is 0.346. The number of amides is 1. The van der Waals surface area contributed by atoms with E-state index >= 15 is 0 Å². The molecule has 0 aromatic carbocycles. The Labute approximate surface area is 187 Å². The van der Waals surface area contributed by atoms with E-state index in [1.807, 2.05) is 54.5 Å². The van der Waals surface area contributed by atoms with Gasteiger partial charge in [-0.3, -0.25) is 14.0 Å². The van der Waals surface area contributed by atoms with E-state index in [1.54, 1.807) is 28.8 Å². The Bertz CT molecular complexity index is 939. The second-order valence-electron chi connectivity index (χ2n) is 6.04. The van der Waals surface area contributed by atoms with Crippen LogP contribution in [0.15, 0.2) is 45.5 Å². The van der Waals surface area contributed by atoms with Gasteiger partial charge in [0.05, 0.1) is 5.70 Å². The molecule has 0 aliphatic heterocycles. The minimum Gasteiger partial charge on any atom is -0.323 e. The molecule has 7 nitrogen and oxygen atoms in total. The number of allylic oxidation sites excluding steroid dienone is 4. The van der Waals surface area contributed by atoms with E-state index in [-0.39, 0.29) is 18.0 Å². The van der Waals surface area contributed by atoms with Gasteiger partial charge >= 0.3 is 0 Å². The zero-order chi connectivity index (χ0) is 23.3. The Kier molecular flexibility index (Phi) is 13.3. The molecule has 0 fully saturated rings. The first-order valence-corrected chi connectivity index (χ1v) is 11.1. The number of nitrogens with one attached hydrogen (secondary N) is 2. The van der Waals surface area contributed by atoms with E-state index in [9.17, 15) is 9.59 Å². The average molecular weight is 480 g/mol. The molecule has 2 N–H and O–H groups in total.